The Balaban J connectivity index is 3.11. The maximum atomic E-state index is 10.9. The molecule has 0 aliphatic carbocycles. The molecule has 1 rings (SSSR count). The summed E-state index contributed by atoms with van der Waals surface area (Å²) in [4.78, 5) is 20.9. The van der Waals surface area contributed by atoms with E-state index in [0.29, 0.717) is 0 Å². The summed E-state index contributed by atoms with van der Waals surface area (Å²) >= 11 is 0. The van der Waals surface area contributed by atoms with Crippen molar-refractivity contribution in [2.24, 2.45) is 5.10 Å². The lowest BCUT2D eigenvalue weighted by atomic mass is 10.2. The predicted molar refractivity (Wildman–Crippen MR) is 71.6 cm³/mol. The van der Waals surface area contributed by atoms with Crippen LogP contribution in [0.25, 0.3) is 0 Å². The normalized spacial score (nSPS) is 9.05. The van der Waals surface area contributed by atoms with Crippen LogP contribution in [0.2, 0.25) is 0 Å². The molecule has 106 valence electrons. The number of nitrogens with zero attached hydrogens (tertiary/aromatic N) is 4. The second-order valence-corrected chi connectivity index (χ2v) is 3.75. The molecule has 21 heavy (non-hydrogen) atoms. The summed E-state index contributed by atoms with van der Waals surface area (Å²) in [7, 11) is 0. The number of hydrogen-bond donors (Lipinski definition) is 2. The molecule has 0 aromatic heterocycles. The number of nitro benzene ring substituents is 1. The quantitative estimate of drug-likeness (QED) is 0.460. The lowest BCUT2D eigenvalue weighted by Gasteiger charge is -2.04. The minimum atomic E-state index is -1.29. The summed E-state index contributed by atoms with van der Waals surface area (Å²) in [5.41, 5.74) is 1.87. The number of carboxylic acids is 1. The Morgan fingerprint density at radius 3 is 2.48 bits per heavy atom. The van der Waals surface area contributed by atoms with Crippen LogP contribution < -0.4 is 5.43 Å². The average Bonchev–Trinajstić information content (AvgIpc) is 2.44. The lowest BCUT2D eigenvalue weighted by molar-refractivity contribution is -0.384. The highest BCUT2D eigenvalue weighted by Crippen LogP contribution is 2.25. The number of nitrogens with one attached hydrogen (secondary N) is 1. The maximum Gasteiger partial charge on any atom is 0.335 e. The summed E-state index contributed by atoms with van der Waals surface area (Å²) in [6, 6.07) is 6.91. The highest BCUT2D eigenvalue weighted by atomic mass is 16.6. The summed E-state index contributed by atoms with van der Waals surface area (Å²) in [5.74, 6) is -1.29. The second kappa shape index (κ2) is 7.21. The molecule has 9 nitrogen and oxygen atoms in total. The third-order valence-corrected chi connectivity index (χ3v) is 2.34. The van der Waals surface area contributed by atoms with Crippen molar-refractivity contribution in [3.8, 4) is 12.1 Å². The number of hydrogen-bond acceptors (Lipinski definition) is 7. The first-order valence-electron chi connectivity index (χ1n) is 5.56. The van der Waals surface area contributed by atoms with Gasteiger partial charge in [-0.2, -0.15) is 15.6 Å². The van der Waals surface area contributed by atoms with Crippen LogP contribution in [0, 0.1) is 32.8 Å². The van der Waals surface area contributed by atoms with Gasteiger partial charge in [0.1, 0.15) is 5.69 Å². The summed E-state index contributed by atoms with van der Waals surface area (Å²) < 4.78 is 0. The van der Waals surface area contributed by atoms with Gasteiger partial charge in [0.25, 0.3) is 5.69 Å². The van der Waals surface area contributed by atoms with E-state index in [4.69, 9.17) is 15.6 Å². The zero-order chi connectivity index (χ0) is 15.8. The van der Waals surface area contributed by atoms with E-state index in [1.165, 1.54) is 12.1 Å². The van der Waals surface area contributed by atoms with E-state index in [2.05, 4.69) is 10.5 Å². The van der Waals surface area contributed by atoms with E-state index >= 15 is 0 Å². The molecule has 0 atom stereocenters. The number of rotatable bonds is 6. The van der Waals surface area contributed by atoms with E-state index < -0.39 is 16.6 Å². The van der Waals surface area contributed by atoms with Crippen LogP contribution in [0.1, 0.15) is 23.2 Å². The van der Waals surface area contributed by atoms with Crippen molar-refractivity contribution in [1.82, 2.24) is 0 Å². The maximum absolute atomic E-state index is 10.9. The highest BCUT2D eigenvalue weighted by Gasteiger charge is 2.17. The minimum Gasteiger partial charge on any atom is -0.478 e. The Morgan fingerprint density at radius 1 is 1.38 bits per heavy atom. The third kappa shape index (κ3) is 4.29. The van der Waals surface area contributed by atoms with Crippen molar-refractivity contribution >= 4 is 23.1 Å². The largest absolute Gasteiger partial charge is 0.478 e. The Morgan fingerprint density at radius 2 is 2.00 bits per heavy atom. The van der Waals surface area contributed by atoms with E-state index in [9.17, 15) is 14.9 Å². The van der Waals surface area contributed by atoms with Crippen molar-refractivity contribution in [3.05, 3.63) is 33.9 Å². The molecule has 9 heteroatoms. The van der Waals surface area contributed by atoms with Gasteiger partial charge in [0.05, 0.1) is 41.2 Å². The number of aromatic carboxylic acids is 1. The minimum absolute atomic E-state index is 0.0293. The zero-order valence-corrected chi connectivity index (χ0v) is 10.6. The smallest absolute Gasteiger partial charge is 0.335 e. The molecule has 0 spiro atoms. The van der Waals surface area contributed by atoms with Gasteiger partial charge >= 0.3 is 5.97 Å². The van der Waals surface area contributed by atoms with Crippen LogP contribution in [0.4, 0.5) is 11.4 Å². The van der Waals surface area contributed by atoms with Crippen LogP contribution in [0.5, 0.6) is 0 Å². The molecular weight excluding hydrogens is 278 g/mol. The van der Waals surface area contributed by atoms with Gasteiger partial charge < -0.3 is 5.11 Å². The van der Waals surface area contributed by atoms with Crippen molar-refractivity contribution < 1.29 is 14.8 Å². The summed E-state index contributed by atoms with van der Waals surface area (Å²) in [5, 5.41) is 40.6. The molecular formula is C12H9N5O4. The second-order valence-electron chi connectivity index (χ2n) is 3.75. The monoisotopic (exact) mass is 287 g/mol. The fourth-order valence-corrected chi connectivity index (χ4v) is 1.37. The molecule has 0 saturated heterocycles. The molecule has 0 saturated carbocycles. The van der Waals surface area contributed by atoms with Crippen molar-refractivity contribution in [2.75, 3.05) is 5.43 Å². The van der Waals surface area contributed by atoms with Gasteiger partial charge in [-0.05, 0) is 12.1 Å². The number of hydrazone groups is 1. The van der Waals surface area contributed by atoms with Gasteiger partial charge in [-0.25, -0.2) is 4.79 Å². The molecule has 0 bridgehead atoms. The van der Waals surface area contributed by atoms with Gasteiger partial charge in [-0.3, -0.25) is 15.5 Å². The summed E-state index contributed by atoms with van der Waals surface area (Å²) in [6.07, 6.45) is -0.191. The van der Waals surface area contributed by atoms with Crippen molar-refractivity contribution in [1.29, 1.82) is 10.5 Å². The Hall–Kier alpha value is -3.46. The van der Waals surface area contributed by atoms with Crippen LogP contribution in [-0.2, 0) is 0 Å². The SMILES string of the molecule is N#CCC(CC#N)=NNc1ccc(C(=O)O)cc1[N+](=O)[O-]. The molecule has 0 amide bonds. The number of carbonyl (C=O) groups is 1. The molecule has 1 aromatic carbocycles. The number of nitro groups is 1. The van der Waals surface area contributed by atoms with Crippen LogP contribution in [0.15, 0.2) is 23.3 Å². The zero-order valence-electron chi connectivity index (χ0n) is 10.6. The van der Waals surface area contributed by atoms with E-state index in [0.717, 1.165) is 6.07 Å². The first kappa shape index (κ1) is 15.6. The molecule has 0 aliphatic rings. The standard InChI is InChI=1S/C12H9N5O4/c13-5-3-9(4-6-14)15-16-10-2-1-8(12(18)19)7-11(10)17(20)21/h1-2,7,16H,3-4H2,(H,18,19). The molecule has 0 heterocycles. The van der Waals surface area contributed by atoms with Crippen LogP contribution >= 0.6 is 0 Å². The lowest BCUT2D eigenvalue weighted by Crippen LogP contribution is -2.04. The van der Waals surface area contributed by atoms with E-state index in [1.54, 1.807) is 0 Å². The van der Waals surface area contributed by atoms with Gasteiger partial charge in [0, 0.05) is 6.07 Å². The molecule has 0 radical (unpaired) electrons. The Bertz CT molecular complexity index is 666. The Labute approximate surface area is 118 Å². The highest BCUT2D eigenvalue weighted by molar-refractivity contribution is 5.90. The van der Waals surface area contributed by atoms with Crippen molar-refractivity contribution in [2.45, 2.75) is 12.8 Å². The van der Waals surface area contributed by atoms with Gasteiger partial charge in [-0.1, -0.05) is 0 Å². The van der Waals surface area contributed by atoms with Gasteiger partial charge in [-0.15, -0.1) is 0 Å². The topological polar surface area (TPSA) is 152 Å². The van der Waals surface area contributed by atoms with E-state index in [-0.39, 0.29) is 29.8 Å². The molecule has 1 aromatic rings. The number of benzene rings is 1. The fraction of sp³-hybridized carbons (Fsp3) is 0.167. The summed E-state index contributed by atoms with van der Waals surface area (Å²) in [6.45, 7) is 0. The third-order valence-electron chi connectivity index (χ3n) is 2.34. The van der Waals surface area contributed by atoms with Gasteiger partial charge in [0.15, 0.2) is 0 Å². The van der Waals surface area contributed by atoms with Crippen LogP contribution in [-0.4, -0.2) is 21.7 Å². The number of carboxylic acid groups (broad SMARTS) is 1. The Kier molecular flexibility index (Phi) is 5.35. The fourth-order valence-electron chi connectivity index (χ4n) is 1.37. The first-order chi connectivity index (χ1) is 9.99. The van der Waals surface area contributed by atoms with Crippen LogP contribution in [0.3, 0.4) is 0 Å². The first-order valence-corrected chi connectivity index (χ1v) is 5.56. The van der Waals surface area contributed by atoms with E-state index in [1.807, 2.05) is 12.1 Å². The van der Waals surface area contributed by atoms with Gasteiger partial charge in [0.2, 0.25) is 0 Å². The molecule has 0 unspecified atom stereocenters. The molecule has 2 N–H and O–H groups in total. The van der Waals surface area contributed by atoms with Crippen molar-refractivity contribution in [3.63, 3.8) is 0 Å². The molecule has 0 aliphatic heterocycles. The average molecular weight is 287 g/mol. The molecule has 0 fully saturated rings. The number of anilines is 1. The predicted octanol–water partition coefficient (Wildman–Crippen LogP) is 1.89. The number of nitriles is 2.